The smallest absolute Gasteiger partial charge is 0.312 e. The molecule has 6 aliphatic carbocycles. The summed E-state index contributed by atoms with van der Waals surface area (Å²) in [4.78, 5) is 74.3. The monoisotopic (exact) mass is 697 g/mol. The van der Waals surface area contributed by atoms with Crippen LogP contribution in [0.15, 0.2) is 5.38 Å². The third-order valence-corrected chi connectivity index (χ3v) is 14.7. The number of thiazole rings is 1. The highest BCUT2D eigenvalue weighted by atomic mass is 32.1. The van der Waals surface area contributed by atoms with Crippen LogP contribution in [0.3, 0.4) is 0 Å². The number of amides is 3. The van der Waals surface area contributed by atoms with Crippen molar-refractivity contribution in [3.05, 3.63) is 16.1 Å². The molecule has 3 amide bonds. The van der Waals surface area contributed by atoms with Gasteiger partial charge in [0.1, 0.15) is 16.7 Å². The van der Waals surface area contributed by atoms with Crippen molar-refractivity contribution in [1.29, 1.82) is 0 Å². The Bertz CT molecular complexity index is 1510. The first-order valence-electron chi connectivity index (χ1n) is 18.1. The van der Waals surface area contributed by atoms with Crippen molar-refractivity contribution in [3.63, 3.8) is 0 Å². The lowest BCUT2D eigenvalue weighted by molar-refractivity contribution is -0.609. The van der Waals surface area contributed by atoms with Crippen LogP contribution in [0.2, 0.25) is 0 Å². The second kappa shape index (κ2) is 12.0. The fraction of sp³-hybridized carbons (Fsp3) is 0.778. The molecule has 7 fully saturated rings. The van der Waals surface area contributed by atoms with Gasteiger partial charge in [0.05, 0.1) is 24.1 Å². The van der Waals surface area contributed by atoms with Gasteiger partial charge in [-0.3, -0.25) is 28.9 Å². The Labute approximate surface area is 292 Å². The molecule has 2 N–H and O–H groups in total. The number of likely N-dealkylation sites (tertiary alicyclic amines) is 1. The van der Waals surface area contributed by atoms with Crippen molar-refractivity contribution in [2.45, 2.75) is 96.5 Å². The van der Waals surface area contributed by atoms with Gasteiger partial charge in [0.15, 0.2) is 6.10 Å². The number of methoxy groups -OCH3 is 1. The maximum absolute atomic E-state index is 14.2. The zero-order chi connectivity index (χ0) is 35.3. The van der Waals surface area contributed by atoms with E-state index in [1.807, 2.05) is 34.7 Å². The van der Waals surface area contributed by atoms with E-state index in [4.69, 9.17) is 9.47 Å². The molecule has 7 aliphatic rings. The highest BCUT2D eigenvalue weighted by Gasteiger charge is 3.12. The summed E-state index contributed by atoms with van der Waals surface area (Å²) in [6, 6.07) is -1.28. The quantitative estimate of drug-likeness (QED) is 0.280. The Balaban J connectivity index is 1.02. The van der Waals surface area contributed by atoms with Crippen LogP contribution in [0.1, 0.15) is 88.3 Å². The molecule has 0 bridgehead atoms. The lowest BCUT2D eigenvalue weighted by Gasteiger charge is -3.09. The summed E-state index contributed by atoms with van der Waals surface area (Å²) in [5.41, 5.74) is -0.183. The van der Waals surface area contributed by atoms with E-state index in [0.717, 1.165) is 32.2 Å². The number of nitrogens with one attached hydrogen (secondary N) is 2. The molecule has 1 aromatic heterocycles. The standard InChI is InChI=1S/C36H51N5O7S/c1-9-17(4)29(38-31(44)20-12-10-11-13-40(20)6)33(45)41(7)21(16(2)3)14-22(48-18(5)42)32-37-19(15-49-32)30(43)39-36-26-23-27(36)25-28(36)24(26)35(23,25)34(46)47-8/h15-17,20-29H,9-14H2,1-8H3,(H,38,44)(H,39,43)/t17-,20+,21+,22+,23?,24?,25?,26?,27?,28?,29-,35?,36?/m0/s1. The number of hydrogen-bond acceptors (Lipinski definition) is 10. The van der Waals surface area contributed by atoms with Crippen LogP contribution in [0.25, 0.3) is 0 Å². The molecular weight excluding hydrogens is 646 g/mol. The third kappa shape index (κ3) is 4.48. The minimum Gasteiger partial charge on any atom is -0.469 e. The molecule has 5 atom stereocenters. The van der Waals surface area contributed by atoms with Crippen molar-refractivity contribution >= 4 is 41.0 Å². The van der Waals surface area contributed by atoms with E-state index in [0.29, 0.717) is 40.5 Å². The van der Waals surface area contributed by atoms with Crippen molar-refractivity contribution in [3.8, 4) is 0 Å². The summed E-state index contributed by atoms with van der Waals surface area (Å²) >= 11 is 1.27. The number of ether oxygens (including phenoxy) is 2. The minimum atomic E-state index is -0.762. The first kappa shape index (κ1) is 34.4. The van der Waals surface area contributed by atoms with Gasteiger partial charge in [-0.05, 0) is 73.8 Å². The van der Waals surface area contributed by atoms with Crippen LogP contribution in [-0.4, -0.2) is 95.9 Å². The number of hydrogen-bond donors (Lipinski definition) is 2. The summed E-state index contributed by atoms with van der Waals surface area (Å²) < 4.78 is 10.9. The average molecular weight is 698 g/mol. The molecule has 0 radical (unpaired) electrons. The molecule has 6 saturated carbocycles. The predicted octanol–water partition coefficient (Wildman–Crippen LogP) is 3.03. The van der Waals surface area contributed by atoms with Gasteiger partial charge in [0.2, 0.25) is 11.8 Å². The van der Waals surface area contributed by atoms with E-state index in [-0.39, 0.29) is 70.7 Å². The first-order valence-corrected chi connectivity index (χ1v) is 19.0. The normalized spacial score (nSPS) is 36.6. The van der Waals surface area contributed by atoms with E-state index in [1.165, 1.54) is 25.4 Å². The molecule has 2 heterocycles. The Morgan fingerprint density at radius 3 is 2.29 bits per heavy atom. The molecule has 1 aromatic rings. The SMILES string of the molecule is CC[C@H](C)[C@H](NC(=O)[C@H]1CCCCN1C)C(=O)N(C)[C@H](C[C@@H](OC(C)=O)c1nc(C(=O)NC23C4C5C2C2C3C4C52C(=O)OC)cs1)C(C)C. The van der Waals surface area contributed by atoms with Crippen LogP contribution in [0.5, 0.6) is 0 Å². The molecule has 0 aromatic carbocycles. The number of carbonyl (C=O) groups is 5. The molecule has 268 valence electrons. The Morgan fingerprint density at radius 2 is 1.73 bits per heavy atom. The van der Waals surface area contributed by atoms with Gasteiger partial charge >= 0.3 is 11.9 Å². The van der Waals surface area contributed by atoms with E-state index in [1.54, 1.807) is 17.3 Å². The maximum atomic E-state index is 14.2. The van der Waals surface area contributed by atoms with Crippen molar-refractivity contribution in [2.24, 2.45) is 52.8 Å². The Morgan fingerprint density at radius 1 is 1.08 bits per heavy atom. The number of aromatic nitrogens is 1. The Hall–Kier alpha value is -3.06. The molecule has 1 aliphatic heterocycles. The van der Waals surface area contributed by atoms with Gasteiger partial charge in [-0.15, -0.1) is 11.3 Å². The van der Waals surface area contributed by atoms with Crippen LogP contribution < -0.4 is 10.6 Å². The van der Waals surface area contributed by atoms with Crippen LogP contribution in [0, 0.1) is 52.8 Å². The second-order valence-electron chi connectivity index (χ2n) is 16.0. The fourth-order valence-electron chi connectivity index (χ4n) is 11.4. The molecule has 0 unspecified atom stereocenters. The number of piperidine rings is 1. The van der Waals surface area contributed by atoms with E-state index >= 15 is 0 Å². The lowest BCUT2D eigenvalue weighted by atomic mass is 8.94. The topological polar surface area (TPSA) is 147 Å². The van der Waals surface area contributed by atoms with Crippen LogP contribution >= 0.6 is 11.3 Å². The van der Waals surface area contributed by atoms with Crippen molar-refractivity contribution in [1.82, 2.24) is 25.4 Å². The highest BCUT2D eigenvalue weighted by molar-refractivity contribution is 7.09. The number of esters is 2. The van der Waals surface area contributed by atoms with E-state index < -0.39 is 18.1 Å². The molecule has 12 nitrogen and oxygen atoms in total. The third-order valence-electron chi connectivity index (χ3n) is 13.8. The number of likely N-dealkylation sites (N-methyl/N-ethyl adjacent to an activating group) is 2. The van der Waals surface area contributed by atoms with Gasteiger partial charge in [-0.25, -0.2) is 4.98 Å². The zero-order valence-electron chi connectivity index (χ0n) is 29.9. The summed E-state index contributed by atoms with van der Waals surface area (Å²) in [5.74, 6) is 0.923. The maximum Gasteiger partial charge on any atom is 0.312 e. The summed E-state index contributed by atoms with van der Waals surface area (Å²) in [5, 5.41) is 8.61. The lowest BCUT2D eigenvalue weighted by Crippen LogP contribution is -3.16. The van der Waals surface area contributed by atoms with E-state index in [9.17, 15) is 24.0 Å². The van der Waals surface area contributed by atoms with Gasteiger partial charge in [0, 0.05) is 31.8 Å². The largest absolute Gasteiger partial charge is 0.469 e. The fourth-order valence-corrected chi connectivity index (χ4v) is 12.2. The zero-order valence-corrected chi connectivity index (χ0v) is 30.7. The van der Waals surface area contributed by atoms with Crippen molar-refractivity contribution in [2.75, 3.05) is 27.7 Å². The molecule has 1 saturated heterocycles. The molecule has 49 heavy (non-hydrogen) atoms. The summed E-state index contributed by atoms with van der Waals surface area (Å²) in [6.07, 6.45) is 3.06. The predicted molar refractivity (Wildman–Crippen MR) is 180 cm³/mol. The summed E-state index contributed by atoms with van der Waals surface area (Å²) in [7, 11) is 5.17. The number of rotatable bonds is 14. The summed E-state index contributed by atoms with van der Waals surface area (Å²) in [6.45, 7) is 10.2. The first-order chi connectivity index (χ1) is 23.3. The molecule has 13 heteroatoms. The van der Waals surface area contributed by atoms with Crippen LogP contribution in [0.4, 0.5) is 0 Å². The minimum absolute atomic E-state index is 0.00507. The van der Waals surface area contributed by atoms with Gasteiger partial charge in [-0.2, -0.15) is 0 Å². The van der Waals surface area contributed by atoms with E-state index in [2.05, 4.69) is 20.5 Å². The van der Waals surface area contributed by atoms with Crippen molar-refractivity contribution < 1.29 is 33.4 Å². The van der Waals surface area contributed by atoms with Crippen LogP contribution in [-0.2, 0) is 28.7 Å². The molecule has 0 spiro atoms. The van der Waals surface area contributed by atoms with Gasteiger partial charge < -0.3 is 25.0 Å². The van der Waals surface area contributed by atoms with Gasteiger partial charge in [0.25, 0.3) is 5.91 Å². The number of nitrogens with zero attached hydrogens (tertiary/aromatic N) is 3. The molecule has 8 rings (SSSR count). The average Bonchev–Trinajstić information content (AvgIpc) is 3.58. The number of carbonyl (C=O) groups excluding carboxylic acids is 5. The molecular formula is C36H51N5O7S. The highest BCUT2D eigenvalue weighted by Crippen LogP contribution is 3.07. The van der Waals surface area contributed by atoms with Gasteiger partial charge in [-0.1, -0.05) is 40.5 Å². The Kier molecular flexibility index (Phi) is 8.44. The second-order valence-corrected chi connectivity index (χ2v) is 16.9.